The summed E-state index contributed by atoms with van der Waals surface area (Å²) in [5.74, 6) is -0.526. The van der Waals surface area contributed by atoms with Crippen LogP contribution < -0.4 is 11.1 Å². The highest BCUT2D eigenvalue weighted by molar-refractivity contribution is 5.96. The molecule has 3 N–H and O–H groups in total. The highest BCUT2D eigenvalue weighted by atomic mass is 16.2. The molecule has 108 valence electrons. The number of hydrogen-bond acceptors (Lipinski definition) is 2. The summed E-state index contributed by atoms with van der Waals surface area (Å²) in [7, 11) is 0. The van der Waals surface area contributed by atoms with Gasteiger partial charge in [0.2, 0.25) is 5.91 Å². The monoisotopic (exact) mass is 282 g/mol. The molecule has 0 fully saturated rings. The van der Waals surface area contributed by atoms with Gasteiger partial charge in [-0.3, -0.25) is 9.59 Å². The Morgan fingerprint density at radius 3 is 2.33 bits per heavy atom. The molecular weight excluding hydrogens is 264 g/mol. The predicted molar refractivity (Wildman–Crippen MR) is 83.0 cm³/mol. The van der Waals surface area contributed by atoms with Crippen molar-refractivity contribution in [3.05, 3.63) is 59.7 Å². The molecule has 4 nitrogen and oxygen atoms in total. The van der Waals surface area contributed by atoms with Crippen LogP contribution in [0.5, 0.6) is 0 Å². The number of benzene rings is 2. The molecular formula is C17H18N2O2. The average molecular weight is 282 g/mol. The number of nitrogens with two attached hydrogens (primary N) is 1. The highest BCUT2D eigenvalue weighted by Crippen LogP contribution is 2.21. The van der Waals surface area contributed by atoms with E-state index in [1.807, 2.05) is 37.3 Å². The fourth-order valence-corrected chi connectivity index (χ4v) is 2.01. The van der Waals surface area contributed by atoms with Gasteiger partial charge in [-0.15, -0.1) is 0 Å². The second kappa shape index (κ2) is 6.70. The first-order chi connectivity index (χ1) is 10.1. The second-order valence-electron chi connectivity index (χ2n) is 4.78. The van der Waals surface area contributed by atoms with Crippen molar-refractivity contribution >= 4 is 11.8 Å². The van der Waals surface area contributed by atoms with Crippen molar-refractivity contribution in [3.8, 4) is 11.1 Å². The summed E-state index contributed by atoms with van der Waals surface area (Å²) in [6.45, 7) is 2.67. The maximum Gasteiger partial charge on any atom is 0.251 e. The maximum absolute atomic E-state index is 12.0. The summed E-state index contributed by atoms with van der Waals surface area (Å²) in [6, 6.07) is 14.4. The van der Waals surface area contributed by atoms with Gasteiger partial charge < -0.3 is 11.1 Å². The van der Waals surface area contributed by atoms with Crippen LogP contribution in [-0.4, -0.2) is 18.4 Å². The van der Waals surface area contributed by atoms with Crippen LogP contribution in [0, 0.1) is 0 Å². The molecule has 2 aromatic carbocycles. The van der Waals surface area contributed by atoms with Gasteiger partial charge in [0, 0.05) is 17.7 Å². The molecule has 4 heteroatoms. The molecule has 0 radical (unpaired) electrons. The summed E-state index contributed by atoms with van der Waals surface area (Å²) in [5, 5.41) is 2.85. The maximum atomic E-state index is 12.0. The van der Waals surface area contributed by atoms with Crippen LogP contribution in [-0.2, 0) is 0 Å². The van der Waals surface area contributed by atoms with Crippen molar-refractivity contribution in [1.29, 1.82) is 0 Å². The Morgan fingerprint density at radius 1 is 1.00 bits per heavy atom. The van der Waals surface area contributed by atoms with E-state index in [-0.39, 0.29) is 5.91 Å². The number of rotatable bonds is 5. The van der Waals surface area contributed by atoms with Gasteiger partial charge in [0.25, 0.3) is 5.91 Å². The van der Waals surface area contributed by atoms with Crippen LogP contribution in [0.1, 0.15) is 34.1 Å². The summed E-state index contributed by atoms with van der Waals surface area (Å²) < 4.78 is 0. The van der Waals surface area contributed by atoms with E-state index in [2.05, 4.69) is 5.32 Å². The van der Waals surface area contributed by atoms with Crippen LogP contribution in [0.3, 0.4) is 0 Å². The minimum Gasteiger partial charge on any atom is -0.366 e. The van der Waals surface area contributed by atoms with Gasteiger partial charge in [0.1, 0.15) is 0 Å². The van der Waals surface area contributed by atoms with Crippen molar-refractivity contribution in [1.82, 2.24) is 5.32 Å². The molecule has 2 rings (SSSR count). The smallest absolute Gasteiger partial charge is 0.251 e. The zero-order valence-corrected chi connectivity index (χ0v) is 11.9. The molecule has 0 heterocycles. The van der Waals surface area contributed by atoms with Crippen LogP contribution >= 0.6 is 0 Å². The minimum atomic E-state index is -0.450. The van der Waals surface area contributed by atoms with Gasteiger partial charge in [-0.1, -0.05) is 31.2 Å². The second-order valence-corrected chi connectivity index (χ2v) is 4.78. The zero-order valence-electron chi connectivity index (χ0n) is 11.9. The molecule has 0 saturated carbocycles. The fourth-order valence-electron chi connectivity index (χ4n) is 2.01. The first-order valence-electron chi connectivity index (χ1n) is 6.90. The van der Waals surface area contributed by atoms with Crippen molar-refractivity contribution in [2.24, 2.45) is 5.73 Å². The van der Waals surface area contributed by atoms with Crippen molar-refractivity contribution in [2.45, 2.75) is 13.3 Å². The van der Waals surface area contributed by atoms with E-state index in [0.29, 0.717) is 17.7 Å². The summed E-state index contributed by atoms with van der Waals surface area (Å²) in [4.78, 5) is 23.0. The molecule has 0 atom stereocenters. The highest BCUT2D eigenvalue weighted by Gasteiger charge is 2.07. The molecule has 21 heavy (non-hydrogen) atoms. The van der Waals surface area contributed by atoms with E-state index < -0.39 is 5.91 Å². The summed E-state index contributed by atoms with van der Waals surface area (Å²) >= 11 is 0. The van der Waals surface area contributed by atoms with Gasteiger partial charge in [0.05, 0.1) is 0 Å². The fraction of sp³-hybridized carbons (Fsp3) is 0.176. The van der Waals surface area contributed by atoms with Crippen LogP contribution in [0.25, 0.3) is 11.1 Å². The standard InChI is InChI=1S/C17H18N2O2/c1-2-10-19-17(21)15-5-3-4-14(11-15)12-6-8-13(9-7-12)16(18)20/h3-9,11H,2,10H2,1H3,(H2,18,20)(H,19,21). The van der Waals surface area contributed by atoms with Crippen molar-refractivity contribution in [2.75, 3.05) is 6.54 Å². The molecule has 0 aliphatic rings. The Bertz CT molecular complexity index is 648. The number of nitrogens with one attached hydrogen (secondary N) is 1. The first kappa shape index (κ1) is 14.8. The molecule has 0 aliphatic carbocycles. The largest absolute Gasteiger partial charge is 0.366 e. The molecule has 2 aromatic rings. The van der Waals surface area contributed by atoms with E-state index in [1.54, 1.807) is 18.2 Å². The van der Waals surface area contributed by atoms with E-state index in [4.69, 9.17) is 5.73 Å². The molecule has 0 spiro atoms. The Balaban J connectivity index is 2.24. The quantitative estimate of drug-likeness (QED) is 0.884. The van der Waals surface area contributed by atoms with Crippen molar-refractivity contribution < 1.29 is 9.59 Å². The Kier molecular flexibility index (Phi) is 4.72. The van der Waals surface area contributed by atoms with Gasteiger partial charge in [0.15, 0.2) is 0 Å². The molecule has 0 aromatic heterocycles. The van der Waals surface area contributed by atoms with E-state index in [0.717, 1.165) is 17.5 Å². The Hall–Kier alpha value is -2.62. The van der Waals surface area contributed by atoms with Crippen LogP contribution in [0.2, 0.25) is 0 Å². The number of hydrogen-bond donors (Lipinski definition) is 2. The molecule has 2 amide bonds. The van der Waals surface area contributed by atoms with E-state index >= 15 is 0 Å². The van der Waals surface area contributed by atoms with Gasteiger partial charge >= 0.3 is 0 Å². The number of carbonyl (C=O) groups excluding carboxylic acids is 2. The lowest BCUT2D eigenvalue weighted by Gasteiger charge is -2.07. The molecule has 0 unspecified atom stereocenters. The predicted octanol–water partition coefficient (Wildman–Crippen LogP) is 2.59. The Morgan fingerprint density at radius 2 is 1.71 bits per heavy atom. The summed E-state index contributed by atoms with van der Waals surface area (Å²) in [6.07, 6.45) is 0.903. The molecule has 0 saturated heterocycles. The minimum absolute atomic E-state index is 0.0764. The van der Waals surface area contributed by atoms with Gasteiger partial charge in [-0.05, 0) is 41.8 Å². The molecule has 0 bridgehead atoms. The van der Waals surface area contributed by atoms with Crippen LogP contribution in [0.4, 0.5) is 0 Å². The third kappa shape index (κ3) is 3.69. The SMILES string of the molecule is CCCNC(=O)c1cccc(-c2ccc(C(N)=O)cc2)c1. The lowest BCUT2D eigenvalue weighted by molar-refractivity contribution is 0.0952. The number of amides is 2. The third-order valence-corrected chi connectivity index (χ3v) is 3.16. The number of primary amides is 1. The Labute approximate surface area is 124 Å². The van der Waals surface area contributed by atoms with E-state index in [1.165, 1.54) is 0 Å². The van der Waals surface area contributed by atoms with Gasteiger partial charge in [-0.2, -0.15) is 0 Å². The topological polar surface area (TPSA) is 72.2 Å². The zero-order chi connectivity index (χ0) is 15.2. The normalized spacial score (nSPS) is 10.1. The molecule has 0 aliphatic heterocycles. The third-order valence-electron chi connectivity index (χ3n) is 3.16. The van der Waals surface area contributed by atoms with E-state index in [9.17, 15) is 9.59 Å². The number of carbonyl (C=O) groups is 2. The lowest BCUT2D eigenvalue weighted by atomic mass is 10.0. The van der Waals surface area contributed by atoms with Crippen LogP contribution in [0.15, 0.2) is 48.5 Å². The van der Waals surface area contributed by atoms with Gasteiger partial charge in [-0.25, -0.2) is 0 Å². The first-order valence-corrected chi connectivity index (χ1v) is 6.90. The van der Waals surface area contributed by atoms with Crippen molar-refractivity contribution in [3.63, 3.8) is 0 Å². The lowest BCUT2D eigenvalue weighted by Crippen LogP contribution is -2.23. The summed E-state index contributed by atoms with van der Waals surface area (Å²) in [5.41, 5.74) is 8.18. The average Bonchev–Trinajstić information content (AvgIpc) is 2.52.